The first-order chi connectivity index (χ1) is 11.4. The minimum absolute atomic E-state index is 0.0214. The quantitative estimate of drug-likeness (QED) is 0.638. The van der Waals surface area contributed by atoms with E-state index in [2.05, 4.69) is 19.8 Å². The van der Waals surface area contributed by atoms with E-state index in [1.54, 1.807) is 18.2 Å². The number of pyridine rings is 1. The monoisotopic (exact) mass is 368 g/mol. The van der Waals surface area contributed by atoms with Crippen molar-refractivity contribution in [3.05, 3.63) is 52.5 Å². The molecular formula is C16H8Cl2F2N2O2. The van der Waals surface area contributed by atoms with Gasteiger partial charge in [0.05, 0.1) is 15.6 Å². The van der Waals surface area contributed by atoms with Gasteiger partial charge in [0, 0.05) is 17.1 Å². The molecule has 0 radical (unpaired) electrons. The number of aromatic nitrogens is 1. The van der Waals surface area contributed by atoms with Crippen molar-refractivity contribution >= 4 is 45.6 Å². The van der Waals surface area contributed by atoms with Crippen molar-refractivity contribution in [3.63, 3.8) is 0 Å². The molecule has 1 N–H and O–H groups in total. The van der Waals surface area contributed by atoms with Crippen LogP contribution in [0.3, 0.4) is 0 Å². The van der Waals surface area contributed by atoms with Crippen molar-refractivity contribution in [2.24, 2.45) is 0 Å². The first kappa shape index (κ1) is 15.2. The zero-order valence-electron chi connectivity index (χ0n) is 11.8. The zero-order chi connectivity index (χ0) is 16.9. The van der Waals surface area contributed by atoms with Gasteiger partial charge in [-0.1, -0.05) is 29.3 Å². The smallest absolute Gasteiger partial charge is 0.395 e. The molecule has 0 fully saturated rings. The molecule has 0 bridgehead atoms. The predicted octanol–water partition coefficient (Wildman–Crippen LogP) is 5.61. The highest BCUT2D eigenvalue weighted by Gasteiger charge is 2.43. The highest BCUT2D eigenvalue weighted by Crippen LogP contribution is 2.42. The molecule has 2 aromatic carbocycles. The topological polar surface area (TPSA) is 43.4 Å². The number of anilines is 2. The lowest BCUT2D eigenvalue weighted by molar-refractivity contribution is -0.286. The van der Waals surface area contributed by atoms with Crippen LogP contribution in [0, 0.1) is 0 Å². The van der Waals surface area contributed by atoms with Crippen LogP contribution in [0.1, 0.15) is 0 Å². The van der Waals surface area contributed by atoms with E-state index in [1.165, 1.54) is 12.1 Å². The SMILES string of the molecule is FC1(F)Oc2ccc(Nc3ccc4ccc(Cl)c(Cl)c4n3)cc2O1. The first-order valence-corrected chi connectivity index (χ1v) is 7.58. The number of alkyl halides is 2. The Kier molecular flexibility index (Phi) is 3.40. The van der Waals surface area contributed by atoms with E-state index in [1.807, 2.05) is 12.1 Å². The Hall–Kier alpha value is -2.31. The van der Waals surface area contributed by atoms with Crippen molar-refractivity contribution < 1.29 is 18.3 Å². The Bertz CT molecular complexity index is 966. The van der Waals surface area contributed by atoms with Gasteiger partial charge in [0.1, 0.15) is 5.82 Å². The lowest BCUT2D eigenvalue weighted by atomic mass is 10.2. The fraction of sp³-hybridized carbons (Fsp3) is 0.0625. The summed E-state index contributed by atoms with van der Waals surface area (Å²) in [5.41, 5.74) is 1.06. The largest absolute Gasteiger partial charge is 0.586 e. The van der Waals surface area contributed by atoms with Crippen molar-refractivity contribution in [1.29, 1.82) is 0 Å². The summed E-state index contributed by atoms with van der Waals surface area (Å²) in [6, 6.07) is 11.4. The van der Waals surface area contributed by atoms with Crippen LogP contribution in [0.15, 0.2) is 42.5 Å². The Morgan fingerprint density at radius 2 is 1.71 bits per heavy atom. The van der Waals surface area contributed by atoms with Crippen molar-refractivity contribution in [2.45, 2.75) is 6.29 Å². The standard InChI is InChI=1S/C16H8Cl2F2N2O2/c17-10-4-1-8-2-6-13(22-15(8)14(10)18)21-9-3-5-11-12(7-9)24-16(19,20)23-11/h1-7H,(H,21,22). The van der Waals surface area contributed by atoms with Gasteiger partial charge in [-0.15, -0.1) is 8.78 Å². The minimum Gasteiger partial charge on any atom is -0.395 e. The molecule has 0 amide bonds. The molecule has 0 aliphatic carbocycles. The summed E-state index contributed by atoms with van der Waals surface area (Å²) >= 11 is 12.2. The Labute approximate surface area is 144 Å². The second-order valence-electron chi connectivity index (χ2n) is 5.08. The van der Waals surface area contributed by atoms with Crippen LogP contribution in [0.5, 0.6) is 11.5 Å². The molecule has 8 heteroatoms. The summed E-state index contributed by atoms with van der Waals surface area (Å²) in [6.07, 6.45) is -3.65. The number of rotatable bonds is 2. The van der Waals surface area contributed by atoms with Crippen LogP contribution in [0.2, 0.25) is 10.0 Å². The van der Waals surface area contributed by atoms with Gasteiger partial charge >= 0.3 is 6.29 Å². The molecule has 1 aliphatic heterocycles. The normalized spacial score (nSPS) is 14.8. The van der Waals surface area contributed by atoms with Gasteiger partial charge in [-0.2, -0.15) is 0 Å². The number of hydrogen-bond acceptors (Lipinski definition) is 4. The fourth-order valence-corrected chi connectivity index (χ4v) is 2.74. The van der Waals surface area contributed by atoms with Crippen LogP contribution in [-0.4, -0.2) is 11.3 Å². The molecule has 122 valence electrons. The van der Waals surface area contributed by atoms with Crippen LogP contribution < -0.4 is 14.8 Å². The second-order valence-corrected chi connectivity index (χ2v) is 5.87. The van der Waals surface area contributed by atoms with Gasteiger partial charge < -0.3 is 14.8 Å². The molecule has 0 saturated heterocycles. The zero-order valence-corrected chi connectivity index (χ0v) is 13.3. The van der Waals surface area contributed by atoms with Crippen molar-refractivity contribution in [3.8, 4) is 11.5 Å². The van der Waals surface area contributed by atoms with E-state index in [0.29, 0.717) is 27.1 Å². The Morgan fingerprint density at radius 3 is 2.54 bits per heavy atom. The number of nitrogens with one attached hydrogen (secondary N) is 1. The summed E-state index contributed by atoms with van der Waals surface area (Å²) in [5.74, 6) is 0.413. The summed E-state index contributed by atoms with van der Waals surface area (Å²) in [6.45, 7) is 0. The molecule has 24 heavy (non-hydrogen) atoms. The number of ether oxygens (including phenoxy) is 2. The van der Waals surface area contributed by atoms with Gasteiger partial charge in [-0.05, 0) is 30.3 Å². The molecule has 1 aromatic heterocycles. The van der Waals surface area contributed by atoms with Crippen LogP contribution in [0.25, 0.3) is 10.9 Å². The molecule has 2 heterocycles. The Balaban J connectivity index is 1.67. The lowest BCUT2D eigenvalue weighted by Crippen LogP contribution is -2.25. The average Bonchev–Trinajstić information content (AvgIpc) is 2.84. The van der Waals surface area contributed by atoms with Crippen molar-refractivity contribution in [1.82, 2.24) is 4.98 Å². The lowest BCUT2D eigenvalue weighted by Gasteiger charge is -2.08. The maximum atomic E-state index is 13.0. The number of hydrogen-bond donors (Lipinski definition) is 1. The summed E-state index contributed by atoms with van der Waals surface area (Å²) in [4.78, 5) is 4.41. The molecule has 4 nitrogen and oxygen atoms in total. The summed E-state index contributed by atoms with van der Waals surface area (Å²) < 4.78 is 34.9. The number of fused-ring (bicyclic) bond motifs is 2. The molecule has 1 aliphatic rings. The van der Waals surface area contributed by atoms with Crippen LogP contribution in [-0.2, 0) is 0 Å². The number of nitrogens with zero attached hydrogens (tertiary/aromatic N) is 1. The van der Waals surface area contributed by atoms with E-state index in [-0.39, 0.29) is 11.5 Å². The third-order valence-corrected chi connectivity index (χ3v) is 4.22. The maximum Gasteiger partial charge on any atom is 0.586 e. The second kappa shape index (κ2) is 5.36. The highest BCUT2D eigenvalue weighted by atomic mass is 35.5. The van der Waals surface area contributed by atoms with Gasteiger partial charge in [0.25, 0.3) is 0 Å². The summed E-state index contributed by atoms with van der Waals surface area (Å²) in [7, 11) is 0. The molecule has 0 unspecified atom stereocenters. The highest BCUT2D eigenvalue weighted by molar-refractivity contribution is 6.45. The molecular weight excluding hydrogens is 361 g/mol. The maximum absolute atomic E-state index is 13.0. The van der Waals surface area contributed by atoms with E-state index < -0.39 is 6.29 Å². The third-order valence-electron chi connectivity index (χ3n) is 3.43. The molecule has 0 saturated carbocycles. The van der Waals surface area contributed by atoms with E-state index in [0.717, 1.165) is 5.39 Å². The van der Waals surface area contributed by atoms with Gasteiger partial charge in [0.15, 0.2) is 11.5 Å². The molecule has 0 spiro atoms. The van der Waals surface area contributed by atoms with Crippen LogP contribution in [0.4, 0.5) is 20.3 Å². The minimum atomic E-state index is -3.65. The Morgan fingerprint density at radius 1 is 0.958 bits per heavy atom. The van der Waals surface area contributed by atoms with Crippen LogP contribution >= 0.6 is 23.2 Å². The first-order valence-electron chi connectivity index (χ1n) is 6.83. The average molecular weight is 369 g/mol. The third kappa shape index (κ3) is 2.68. The van der Waals surface area contributed by atoms with E-state index in [9.17, 15) is 8.78 Å². The molecule has 0 atom stereocenters. The predicted molar refractivity (Wildman–Crippen MR) is 87.7 cm³/mol. The molecule has 3 aromatic rings. The molecule has 4 rings (SSSR count). The van der Waals surface area contributed by atoms with E-state index >= 15 is 0 Å². The number of halogens is 4. The fourth-order valence-electron chi connectivity index (χ4n) is 2.37. The van der Waals surface area contributed by atoms with Gasteiger partial charge in [0.2, 0.25) is 0 Å². The number of benzene rings is 2. The summed E-state index contributed by atoms with van der Waals surface area (Å²) in [5, 5.41) is 4.59. The van der Waals surface area contributed by atoms with Gasteiger partial charge in [-0.3, -0.25) is 0 Å². The van der Waals surface area contributed by atoms with Crippen molar-refractivity contribution in [2.75, 3.05) is 5.32 Å². The van der Waals surface area contributed by atoms with E-state index in [4.69, 9.17) is 23.2 Å². The van der Waals surface area contributed by atoms with Gasteiger partial charge in [-0.25, -0.2) is 4.98 Å².